The number of carbonyl (C=O) groups is 1. The topological polar surface area (TPSA) is 53.4 Å². The van der Waals surface area contributed by atoms with E-state index in [1.807, 2.05) is 6.92 Å². The van der Waals surface area contributed by atoms with Crippen molar-refractivity contribution in [2.75, 3.05) is 13.1 Å². The highest BCUT2D eigenvalue weighted by molar-refractivity contribution is 7.11. The van der Waals surface area contributed by atoms with E-state index in [-0.39, 0.29) is 6.42 Å². The fourth-order valence-corrected chi connectivity index (χ4v) is 3.27. The zero-order valence-electron chi connectivity index (χ0n) is 10.1. The number of piperidine rings is 1. The molecule has 1 aliphatic rings. The van der Waals surface area contributed by atoms with E-state index in [0.29, 0.717) is 0 Å². The molecule has 1 aromatic heterocycles. The number of rotatable bonds is 4. The van der Waals surface area contributed by atoms with E-state index >= 15 is 0 Å². The van der Waals surface area contributed by atoms with Crippen LogP contribution in [0, 0.1) is 6.92 Å². The van der Waals surface area contributed by atoms with Crippen LogP contribution in [0.25, 0.3) is 0 Å². The number of aromatic nitrogens is 1. The number of carboxylic acid groups (broad SMARTS) is 1. The fraction of sp³-hybridized carbons (Fsp3) is 0.667. The number of hydrogen-bond acceptors (Lipinski definition) is 4. The summed E-state index contributed by atoms with van der Waals surface area (Å²) in [7, 11) is 0. The van der Waals surface area contributed by atoms with Gasteiger partial charge in [0.15, 0.2) is 0 Å². The molecule has 0 aliphatic carbocycles. The van der Waals surface area contributed by atoms with Gasteiger partial charge in [-0.3, -0.25) is 9.69 Å². The number of nitrogens with zero attached hydrogens (tertiary/aromatic N) is 2. The Morgan fingerprint density at radius 2 is 2.12 bits per heavy atom. The van der Waals surface area contributed by atoms with Gasteiger partial charge in [0.25, 0.3) is 0 Å². The second-order valence-electron chi connectivity index (χ2n) is 4.52. The molecule has 0 unspecified atom stereocenters. The Morgan fingerprint density at radius 3 is 2.76 bits per heavy atom. The number of likely N-dealkylation sites (tertiary alicyclic amines) is 1. The molecule has 1 aromatic rings. The molecule has 1 saturated heterocycles. The highest BCUT2D eigenvalue weighted by Gasteiger charge is 2.15. The van der Waals surface area contributed by atoms with Gasteiger partial charge in [0, 0.05) is 4.88 Å². The minimum atomic E-state index is -0.777. The molecule has 1 aliphatic heterocycles. The van der Waals surface area contributed by atoms with Gasteiger partial charge in [-0.25, -0.2) is 4.98 Å². The number of hydrogen-bond donors (Lipinski definition) is 1. The van der Waals surface area contributed by atoms with Gasteiger partial charge in [-0.2, -0.15) is 0 Å². The van der Waals surface area contributed by atoms with Crippen molar-refractivity contribution in [1.82, 2.24) is 9.88 Å². The molecule has 2 rings (SSSR count). The first kappa shape index (κ1) is 12.5. The Bertz CT molecular complexity index is 397. The summed E-state index contributed by atoms with van der Waals surface area (Å²) in [4.78, 5) is 18.5. The maximum absolute atomic E-state index is 10.7. The molecule has 0 atom stereocenters. The van der Waals surface area contributed by atoms with Gasteiger partial charge >= 0.3 is 5.97 Å². The number of carboxylic acids is 1. The van der Waals surface area contributed by atoms with Gasteiger partial charge in [-0.05, 0) is 32.9 Å². The lowest BCUT2D eigenvalue weighted by Gasteiger charge is -2.25. The maximum Gasteiger partial charge on any atom is 0.308 e. The first-order valence-electron chi connectivity index (χ1n) is 6.04. The third kappa shape index (κ3) is 3.51. The molecule has 17 heavy (non-hydrogen) atoms. The molecule has 2 heterocycles. The van der Waals surface area contributed by atoms with E-state index in [9.17, 15) is 4.79 Å². The van der Waals surface area contributed by atoms with Crippen LogP contribution in [0.1, 0.15) is 34.8 Å². The summed E-state index contributed by atoms with van der Waals surface area (Å²) in [5.41, 5.74) is 0.879. The fourth-order valence-electron chi connectivity index (χ4n) is 2.17. The molecule has 1 N–H and O–H groups in total. The second kappa shape index (κ2) is 5.60. The van der Waals surface area contributed by atoms with Gasteiger partial charge in [0.2, 0.25) is 0 Å². The molecule has 0 bridgehead atoms. The number of aliphatic carboxylic acids is 1. The first-order chi connectivity index (χ1) is 8.15. The van der Waals surface area contributed by atoms with Crippen LogP contribution >= 0.6 is 11.3 Å². The molecule has 0 spiro atoms. The zero-order valence-corrected chi connectivity index (χ0v) is 10.9. The predicted molar refractivity (Wildman–Crippen MR) is 67.3 cm³/mol. The normalized spacial score (nSPS) is 17.2. The van der Waals surface area contributed by atoms with E-state index < -0.39 is 5.97 Å². The van der Waals surface area contributed by atoms with Crippen LogP contribution in [0.2, 0.25) is 0 Å². The predicted octanol–water partition coefficient (Wildman–Crippen LogP) is 2.06. The second-order valence-corrected chi connectivity index (χ2v) is 5.69. The monoisotopic (exact) mass is 254 g/mol. The highest BCUT2D eigenvalue weighted by atomic mass is 32.1. The molecule has 1 fully saturated rings. The Morgan fingerprint density at radius 1 is 1.41 bits per heavy atom. The van der Waals surface area contributed by atoms with Gasteiger partial charge in [-0.15, -0.1) is 11.3 Å². The van der Waals surface area contributed by atoms with E-state index in [1.165, 1.54) is 19.3 Å². The zero-order chi connectivity index (χ0) is 12.3. The molecule has 0 radical (unpaired) electrons. The van der Waals surface area contributed by atoms with Crippen LogP contribution in [0.5, 0.6) is 0 Å². The minimum absolute atomic E-state index is 0.101. The van der Waals surface area contributed by atoms with Crippen molar-refractivity contribution in [2.24, 2.45) is 0 Å². The first-order valence-corrected chi connectivity index (χ1v) is 6.86. The van der Waals surface area contributed by atoms with E-state index in [2.05, 4.69) is 9.88 Å². The van der Waals surface area contributed by atoms with Gasteiger partial charge in [0.05, 0.1) is 18.7 Å². The Hall–Kier alpha value is -0.940. The van der Waals surface area contributed by atoms with Crippen LogP contribution in [-0.4, -0.2) is 34.0 Å². The molecule has 0 saturated carbocycles. The summed E-state index contributed by atoms with van der Waals surface area (Å²) >= 11 is 1.55. The standard InChI is InChI=1S/C12H18N2O2S/c1-9-10(7-12(15)16)17-11(13-9)8-14-5-3-2-4-6-14/h2-8H2,1H3,(H,15,16). The summed E-state index contributed by atoms with van der Waals surface area (Å²) in [5.74, 6) is -0.777. The molecule has 5 heteroatoms. The van der Waals surface area contributed by atoms with Gasteiger partial charge in [0.1, 0.15) is 5.01 Å². The lowest BCUT2D eigenvalue weighted by molar-refractivity contribution is -0.136. The lowest BCUT2D eigenvalue weighted by Crippen LogP contribution is -2.28. The van der Waals surface area contributed by atoms with Gasteiger partial charge < -0.3 is 5.11 Å². The van der Waals surface area contributed by atoms with E-state index in [0.717, 1.165) is 35.2 Å². The molecule has 4 nitrogen and oxygen atoms in total. The quantitative estimate of drug-likeness (QED) is 0.893. The summed E-state index contributed by atoms with van der Waals surface area (Å²) in [6, 6.07) is 0. The molecule has 0 amide bonds. The average Bonchev–Trinajstić information content (AvgIpc) is 2.59. The van der Waals surface area contributed by atoms with Crippen LogP contribution < -0.4 is 0 Å². The van der Waals surface area contributed by atoms with Crippen molar-refractivity contribution in [3.8, 4) is 0 Å². The third-order valence-electron chi connectivity index (χ3n) is 3.06. The maximum atomic E-state index is 10.7. The van der Waals surface area contributed by atoms with Crippen molar-refractivity contribution in [2.45, 2.75) is 39.2 Å². The van der Waals surface area contributed by atoms with Crippen molar-refractivity contribution < 1.29 is 9.90 Å². The van der Waals surface area contributed by atoms with Crippen LogP contribution in [0.3, 0.4) is 0 Å². The Labute approximate surface area is 105 Å². The van der Waals surface area contributed by atoms with E-state index in [4.69, 9.17) is 5.11 Å². The third-order valence-corrected chi connectivity index (χ3v) is 4.20. The SMILES string of the molecule is Cc1nc(CN2CCCCC2)sc1CC(=O)O. The van der Waals surface area contributed by atoms with Gasteiger partial charge in [-0.1, -0.05) is 6.42 Å². The van der Waals surface area contributed by atoms with Crippen LogP contribution in [0.15, 0.2) is 0 Å². The molecule has 0 aromatic carbocycles. The number of thiazole rings is 1. The summed E-state index contributed by atoms with van der Waals surface area (Å²) in [5, 5.41) is 9.85. The lowest BCUT2D eigenvalue weighted by atomic mass is 10.1. The average molecular weight is 254 g/mol. The largest absolute Gasteiger partial charge is 0.481 e. The summed E-state index contributed by atoms with van der Waals surface area (Å²) in [6.45, 7) is 5.07. The smallest absolute Gasteiger partial charge is 0.308 e. The van der Waals surface area contributed by atoms with Crippen molar-refractivity contribution in [1.29, 1.82) is 0 Å². The van der Waals surface area contributed by atoms with E-state index in [1.54, 1.807) is 11.3 Å². The van der Waals surface area contributed by atoms with Crippen LogP contribution in [0.4, 0.5) is 0 Å². The summed E-state index contributed by atoms with van der Waals surface area (Å²) in [6.07, 6.45) is 3.97. The molecule has 94 valence electrons. The van der Waals surface area contributed by atoms with Crippen molar-refractivity contribution >= 4 is 17.3 Å². The minimum Gasteiger partial charge on any atom is -0.481 e. The van der Waals surface area contributed by atoms with Crippen molar-refractivity contribution in [3.05, 3.63) is 15.6 Å². The Kier molecular flexibility index (Phi) is 4.12. The number of aryl methyl sites for hydroxylation is 1. The van der Waals surface area contributed by atoms with Crippen molar-refractivity contribution in [3.63, 3.8) is 0 Å². The Balaban J connectivity index is 1.98. The summed E-state index contributed by atoms with van der Waals surface area (Å²) < 4.78 is 0. The molecular formula is C12H18N2O2S. The van der Waals surface area contributed by atoms with Crippen LogP contribution in [-0.2, 0) is 17.8 Å². The highest BCUT2D eigenvalue weighted by Crippen LogP contribution is 2.21. The molecular weight excluding hydrogens is 236 g/mol.